The number of imidazole rings is 1. The van der Waals surface area contributed by atoms with E-state index in [0.717, 1.165) is 54.0 Å². The fourth-order valence-electron chi connectivity index (χ4n) is 3.70. The van der Waals surface area contributed by atoms with Crippen LogP contribution in [-0.2, 0) is 6.54 Å². The van der Waals surface area contributed by atoms with Crippen LogP contribution in [0.4, 0.5) is 11.5 Å². The topological polar surface area (TPSA) is 103 Å². The van der Waals surface area contributed by atoms with E-state index >= 15 is 0 Å². The van der Waals surface area contributed by atoms with E-state index in [2.05, 4.69) is 10.4 Å². The summed E-state index contributed by atoms with van der Waals surface area (Å²) in [5, 5.41) is 7.84. The normalized spacial score (nSPS) is 19.9. The third-order valence-corrected chi connectivity index (χ3v) is 5.30. The van der Waals surface area contributed by atoms with Crippen LogP contribution >= 0.6 is 0 Å². The molecule has 7 heteroatoms. The first kappa shape index (κ1) is 17.6. The van der Waals surface area contributed by atoms with Crippen molar-refractivity contribution in [3.8, 4) is 5.75 Å². The third-order valence-electron chi connectivity index (χ3n) is 5.30. The molecule has 4 rings (SSSR count). The average Bonchev–Trinajstić information content (AvgIpc) is 3.11. The Hall–Kier alpha value is -2.80. The Kier molecular flexibility index (Phi) is 4.85. The molecule has 0 aliphatic heterocycles. The molecule has 0 spiro atoms. The number of hydrogen-bond acceptors (Lipinski definition) is 6. The van der Waals surface area contributed by atoms with Gasteiger partial charge in [0.2, 0.25) is 0 Å². The molecule has 1 fully saturated rings. The summed E-state index contributed by atoms with van der Waals surface area (Å²) in [4.78, 5) is 4.86. The fourth-order valence-corrected chi connectivity index (χ4v) is 3.70. The quantitative estimate of drug-likeness (QED) is 0.641. The minimum Gasteiger partial charge on any atom is -0.497 e. The molecule has 0 atom stereocenters. The minimum absolute atomic E-state index is 0.328. The number of anilines is 2. The lowest BCUT2D eigenvalue weighted by Gasteiger charge is -2.24. The first-order valence-electron chi connectivity index (χ1n) is 9.40. The smallest absolute Gasteiger partial charge is 0.177 e. The summed E-state index contributed by atoms with van der Waals surface area (Å²) in [6, 6.07) is 10.1. The predicted octanol–water partition coefficient (Wildman–Crippen LogP) is 2.92. The molecule has 2 heterocycles. The van der Waals surface area contributed by atoms with Crippen LogP contribution < -0.4 is 21.5 Å². The molecule has 0 radical (unpaired) electrons. The summed E-state index contributed by atoms with van der Waals surface area (Å²) in [5.41, 5.74) is 16.0. The number of nitrogens with zero attached hydrogens (tertiary/aromatic N) is 3. The van der Waals surface area contributed by atoms with Gasteiger partial charge in [0.05, 0.1) is 24.7 Å². The van der Waals surface area contributed by atoms with Crippen LogP contribution in [-0.4, -0.2) is 27.7 Å². The van der Waals surface area contributed by atoms with E-state index in [4.69, 9.17) is 21.2 Å². The molecule has 7 nitrogen and oxygen atoms in total. The second-order valence-corrected chi connectivity index (χ2v) is 7.23. The summed E-state index contributed by atoms with van der Waals surface area (Å²) >= 11 is 0. The Morgan fingerprint density at radius 1 is 1.19 bits per heavy atom. The molecule has 5 N–H and O–H groups in total. The van der Waals surface area contributed by atoms with Gasteiger partial charge in [-0.1, -0.05) is 12.1 Å². The largest absolute Gasteiger partial charge is 0.497 e. The number of nitrogen functional groups attached to an aromatic ring is 1. The van der Waals surface area contributed by atoms with Crippen molar-refractivity contribution in [2.24, 2.45) is 5.73 Å². The van der Waals surface area contributed by atoms with Gasteiger partial charge in [0, 0.05) is 24.6 Å². The van der Waals surface area contributed by atoms with Crippen molar-refractivity contribution in [3.05, 3.63) is 47.8 Å². The van der Waals surface area contributed by atoms with Crippen LogP contribution in [0.15, 0.2) is 36.5 Å². The van der Waals surface area contributed by atoms with E-state index in [9.17, 15) is 0 Å². The summed E-state index contributed by atoms with van der Waals surface area (Å²) in [6.07, 6.45) is 6.27. The minimum atomic E-state index is 0.328. The number of fused-ring (bicyclic) bond motifs is 1. The molecule has 0 unspecified atom stereocenters. The second kappa shape index (κ2) is 7.44. The molecular weight excluding hydrogens is 340 g/mol. The van der Waals surface area contributed by atoms with Crippen molar-refractivity contribution < 1.29 is 4.74 Å². The zero-order valence-corrected chi connectivity index (χ0v) is 15.6. The van der Waals surface area contributed by atoms with Crippen LogP contribution in [0.25, 0.3) is 5.65 Å². The van der Waals surface area contributed by atoms with E-state index in [0.29, 0.717) is 24.3 Å². The molecule has 3 aromatic rings. The van der Waals surface area contributed by atoms with Gasteiger partial charge in [-0.2, -0.15) is 0 Å². The van der Waals surface area contributed by atoms with Crippen LogP contribution in [0.5, 0.6) is 5.75 Å². The second-order valence-electron chi connectivity index (χ2n) is 7.23. The summed E-state index contributed by atoms with van der Waals surface area (Å²) < 4.78 is 6.99. The monoisotopic (exact) mass is 366 g/mol. The average molecular weight is 366 g/mol. The highest BCUT2D eigenvalue weighted by Gasteiger charge is 2.23. The Labute approximate surface area is 158 Å². The molecule has 1 saturated carbocycles. The number of methoxy groups -OCH3 is 1. The molecule has 0 saturated heterocycles. The van der Waals surface area contributed by atoms with Crippen molar-refractivity contribution in [1.82, 2.24) is 14.6 Å². The van der Waals surface area contributed by atoms with E-state index in [1.807, 2.05) is 36.5 Å². The van der Waals surface area contributed by atoms with E-state index in [-0.39, 0.29) is 0 Å². The first-order valence-corrected chi connectivity index (χ1v) is 9.40. The van der Waals surface area contributed by atoms with Crippen molar-refractivity contribution in [2.45, 2.75) is 44.2 Å². The number of nitrogens with one attached hydrogen (secondary N) is 1. The van der Waals surface area contributed by atoms with Gasteiger partial charge in [-0.05, 0) is 43.4 Å². The highest BCUT2D eigenvalue weighted by atomic mass is 16.5. The Morgan fingerprint density at radius 2 is 1.93 bits per heavy atom. The molecule has 2 aromatic heterocycles. The van der Waals surface area contributed by atoms with Crippen LogP contribution in [0.3, 0.4) is 0 Å². The van der Waals surface area contributed by atoms with Gasteiger partial charge in [-0.25, -0.2) is 9.50 Å². The molecule has 0 bridgehead atoms. The number of ether oxygens (including phenoxy) is 1. The predicted molar refractivity (Wildman–Crippen MR) is 107 cm³/mol. The molecule has 1 aliphatic carbocycles. The maximum absolute atomic E-state index is 6.03. The fraction of sp³-hybridized carbons (Fsp3) is 0.400. The van der Waals surface area contributed by atoms with Crippen molar-refractivity contribution in [3.63, 3.8) is 0 Å². The summed E-state index contributed by atoms with van der Waals surface area (Å²) in [6.45, 7) is 0.670. The Morgan fingerprint density at radius 3 is 2.63 bits per heavy atom. The van der Waals surface area contributed by atoms with Gasteiger partial charge < -0.3 is 21.5 Å². The van der Waals surface area contributed by atoms with E-state index in [1.54, 1.807) is 11.6 Å². The Bertz CT molecular complexity index is 912. The molecule has 0 amide bonds. The van der Waals surface area contributed by atoms with Crippen LogP contribution in [0.1, 0.15) is 42.9 Å². The van der Waals surface area contributed by atoms with Crippen LogP contribution in [0.2, 0.25) is 0 Å². The van der Waals surface area contributed by atoms with Crippen molar-refractivity contribution >= 4 is 17.2 Å². The zero-order valence-electron chi connectivity index (χ0n) is 15.6. The molecule has 1 aromatic carbocycles. The lowest BCUT2D eigenvalue weighted by atomic mass is 9.85. The lowest BCUT2D eigenvalue weighted by Crippen LogP contribution is -2.25. The number of benzene rings is 1. The summed E-state index contributed by atoms with van der Waals surface area (Å²) in [5.74, 6) is 1.76. The number of nitrogens with two attached hydrogens (primary N) is 2. The molecule has 1 aliphatic rings. The Balaban J connectivity index is 1.56. The number of aromatic nitrogens is 3. The first-order chi connectivity index (χ1) is 13.1. The summed E-state index contributed by atoms with van der Waals surface area (Å²) in [7, 11) is 1.67. The lowest BCUT2D eigenvalue weighted by molar-refractivity contribution is 0.391. The van der Waals surface area contributed by atoms with Crippen molar-refractivity contribution in [2.75, 3.05) is 18.2 Å². The van der Waals surface area contributed by atoms with Gasteiger partial charge in [0.15, 0.2) is 5.65 Å². The third kappa shape index (κ3) is 3.83. The SMILES string of the molecule is COc1ccc(CNc2cc(N)nn3cc([C@H]4CC[C@H](N)CC4)nc23)cc1. The maximum atomic E-state index is 6.03. The number of rotatable bonds is 5. The van der Waals surface area contributed by atoms with Gasteiger partial charge >= 0.3 is 0 Å². The van der Waals surface area contributed by atoms with Gasteiger partial charge in [0.25, 0.3) is 0 Å². The van der Waals surface area contributed by atoms with E-state index < -0.39 is 0 Å². The highest BCUT2D eigenvalue weighted by Crippen LogP contribution is 2.32. The van der Waals surface area contributed by atoms with Crippen molar-refractivity contribution in [1.29, 1.82) is 0 Å². The maximum Gasteiger partial charge on any atom is 0.177 e. The van der Waals surface area contributed by atoms with E-state index in [1.165, 1.54) is 0 Å². The zero-order chi connectivity index (χ0) is 18.8. The number of hydrogen-bond donors (Lipinski definition) is 3. The molecule has 27 heavy (non-hydrogen) atoms. The molecular formula is C20H26N6O. The highest BCUT2D eigenvalue weighted by molar-refractivity contribution is 5.70. The van der Waals surface area contributed by atoms with Gasteiger partial charge in [-0.15, -0.1) is 5.10 Å². The van der Waals surface area contributed by atoms with Gasteiger partial charge in [0.1, 0.15) is 11.6 Å². The standard InChI is InChI=1S/C20H26N6O/c1-27-16-8-2-13(3-9-16)11-23-17-10-19(22)25-26-12-18(24-20(17)26)14-4-6-15(21)7-5-14/h2-3,8-10,12,14-15,23H,4-7,11,21H2,1H3,(H2,22,25)/t14-,15-. The van der Waals surface area contributed by atoms with Gasteiger partial charge in [-0.3, -0.25) is 0 Å². The molecule has 142 valence electrons. The van der Waals surface area contributed by atoms with Crippen LogP contribution in [0, 0.1) is 0 Å².